The van der Waals surface area contributed by atoms with Crippen LogP contribution in [0.2, 0.25) is 5.02 Å². The van der Waals surface area contributed by atoms with E-state index in [4.69, 9.17) is 11.6 Å². The van der Waals surface area contributed by atoms with Crippen molar-refractivity contribution >= 4 is 11.6 Å². The van der Waals surface area contributed by atoms with Crippen molar-refractivity contribution < 1.29 is 13.9 Å². The third-order valence-electron chi connectivity index (χ3n) is 3.01. The smallest absolute Gasteiger partial charge is 0.131 e. The Kier molecular flexibility index (Phi) is 4.17. The summed E-state index contributed by atoms with van der Waals surface area (Å²) < 4.78 is 26.8. The van der Waals surface area contributed by atoms with E-state index in [1.807, 2.05) is 0 Å². The Morgan fingerprint density at radius 1 is 1.16 bits per heavy atom. The zero-order valence-electron chi connectivity index (χ0n) is 10.3. The van der Waals surface area contributed by atoms with Gasteiger partial charge in [-0.15, -0.1) is 0 Å². The number of halogens is 3. The summed E-state index contributed by atoms with van der Waals surface area (Å²) in [7, 11) is 0. The van der Waals surface area contributed by atoms with E-state index in [2.05, 4.69) is 0 Å². The number of aliphatic hydroxyl groups excluding tert-OH is 1. The van der Waals surface area contributed by atoms with Crippen molar-refractivity contribution in [3.05, 3.63) is 69.7 Å². The van der Waals surface area contributed by atoms with Gasteiger partial charge in [-0.3, -0.25) is 0 Å². The second-order valence-corrected chi connectivity index (χ2v) is 4.84. The topological polar surface area (TPSA) is 20.2 Å². The van der Waals surface area contributed by atoms with Crippen LogP contribution in [0.4, 0.5) is 8.78 Å². The lowest BCUT2D eigenvalue weighted by atomic mass is 9.99. The molecule has 0 radical (unpaired) electrons. The SMILES string of the molecule is Cc1cc(C(O)Cc2ccccc2Cl)c(F)cc1F. The summed E-state index contributed by atoms with van der Waals surface area (Å²) >= 11 is 5.99. The largest absolute Gasteiger partial charge is 0.388 e. The van der Waals surface area contributed by atoms with Crippen LogP contribution in [0.15, 0.2) is 36.4 Å². The standard InChI is InChI=1S/C15H13ClF2O/c1-9-6-11(14(18)8-13(9)17)15(19)7-10-4-2-3-5-12(10)16/h2-6,8,15,19H,7H2,1H3. The van der Waals surface area contributed by atoms with Gasteiger partial charge in [-0.1, -0.05) is 29.8 Å². The van der Waals surface area contributed by atoms with Crippen molar-refractivity contribution in [3.63, 3.8) is 0 Å². The van der Waals surface area contributed by atoms with Crippen molar-refractivity contribution in [2.24, 2.45) is 0 Å². The predicted molar refractivity (Wildman–Crippen MR) is 71.2 cm³/mol. The van der Waals surface area contributed by atoms with Crippen LogP contribution in [0.25, 0.3) is 0 Å². The maximum Gasteiger partial charge on any atom is 0.131 e. The molecule has 0 aromatic heterocycles. The minimum absolute atomic E-state index is 0.0822. The summed E-state index contributed by atoms with van der Waals surface area (Å²) in [6.45, 7) is 1.53. The molecule has 0 aliphatic carbocycles. The Morgan fingerprint density at radius 2 is 1.84 bits per heavy atom. The first kappa shape index (κ1) is 14.0. The average molecular weight is 283 g/mol. The third-order valence-corrected chi connectivity index (χ3v) is 3.38. The number of hydrogen-bond acceptors (Lipinski definition) is 1. The highest BCUT2D eigenvalue weighted by molar-refractivity contribution is 6.31. The fourth-order valence-electron chi connectivity index (χ4n) is 1.92. The first-order chi connectivity index (χ1) is 8.99. The molecule has 0 saturated heterocycles. The Morgan fingerprint density at radius 3 is 2.53 bits per heavy atom. The Balaban J connectivity index is 2.28. The maximum absolute atomic E-state index is 13.7. The average Bonchev–Trinajstić information content (AvgIpc) is 2.36. The molecule has 1 N–H and O–H groups in total. The molecule has 19 heavy (non-hydrogen) atoms. The van der Waals surface area contributed by atoms with E-state index in [0.717, 1.165) is 11.6 Å². The lowest BCUT2D eigenvalue weighted by molar-refractivity contribution is 0.173. The van der Waals surface area contributed by atoms with Gasteiger partial charge in [0.2, 0.25) is 0 Å². The molecule has 4 heteroatoms. The van der Waals surface area contributed by atoms with Crippen molar-refractivity contribution in [2.45, 2.75) is 19.4 Å². The van der Waals surface area contributed by atoms with Gasteiger partial charge in [0.25, 0.3) is 0 Å². The van der Waals surface area contributed by atoms with Gasteiger partial charge in [-0.25, -0.2) is 8.78 Å². The predicted octanol–water partition coefficient (Wildman–Crippen LogP) is 4.20. The first-order valence-electron chi connectivity index (χ1n) is 5.86. The van der Waals surface area contributed by atoms with E-state index in [9.17, 15) is 13.9 Å². The molecule has 0 aliphatic rings. The molecule has 0 heterocycles. The normalized spacial score (nSPS) is 12.5. The minimum Gasteiger partial charge on any atom is -0.388 e. The van der Waals surface area contributed by atoms with Crippen LogP contribution >= 0.6 is 11.6 Å². The number of aliphatic hydroxyl groups is 1. The van der Waals surface area contributed by atoms with Crippen LogP contribution in [0, 0.1) is 18.6 Å². The molecular formula is C15H13ClF2O. The molecule has 1 nitrogen and oxygen atoms in total. The molecule has 0 spiro atoms. The number of rotatable bonds is 3. The first-order valence-corrected chi connectivity index (χ1v) is 6.24. The molecule has 0 fully saturated rings. The Labute approximate surface area is 115 Å². The maximum atomic E-state index is 13.7. The van der Waals surface area contributed by atoms with Crippen LogP contribution in [0.3, 0.4) is 0 Å². The summed E-state index contributed by atoms with van der Waals surface area (Å²) in [4.78, 5) is 0. The van der Waals surface area contributed by atoms with E-state index in [1.54, 1.807) is 24.3 Å². The molecule has 100 valence electrons. The highest BCUT2D eigenvalue weighted by Crippen LogP contribution is 2.26. The Bertz CT molecular complexity index is 599. The highest BCUT2D eigenvalue weighted by Gasteiger charge is 2.16. The van der Waals surface area contributed by atoms with Gasteiger partial charge < -0.3 is 5.11 Å². The van der Waals surface area contributed by atoms with Crippen molar-refractivity contribution in [2.75, 3.05) is 0 Å². The van der Waals surface area contributed by atoms with E-state index >= 15 is 0 Å². The number of hydrogen-bond donors (Lipinski definition) is 1. The third kappa shape index (κ3) is 3.11. The lowest BCUT2D eigenvalue weighted by Crippen LogP contribution is -2.06. The zero-order valence-corrected chi connectivity index (χ0v) is 11.1. The van der Waals surface area contributed by atoms with E-state index in [0.29, 0.717) is 10.6 Å². The monoisotopic (exact) mass is 282 g/mol. The van der Waals surface area contributed by atoms with Gasteiger partial charge in [0.15, 0.2) is 0 Å². The molecule has 0 amide bonds. The molecular weight excluding hydrogens is 270 g/mol. The van der Waals surface area contributed by atoms with E-state index in [1.165, 1.54) is 13.0 Å². The van der Waals surface area contributed by atoms with Crippen LogP contribution < -0.4 is 0 Å². The van der Waals surface area contributed by atoms with Gasteiger partial charge in [0.05, 0.1) is 6.10 Å². The molecule has 2 rings (SSSR count). The number of benzene rings is 2. The van der Waals surface area contributed by atoms with Gasteiger partial charge in [0, 0.05) is 23.1 Å². The van der Waals surface area contributed by atoms with Crippen LogP contribution in [0.1, 0.15) is 22.8 Å². The van der Waals surface area contributed by atoms with Crippen LogP contribution in [-0.2, 0) is 6.42 Å². The van der Waals surface area contributed by atoms with Crippen LogP contribution in [0.5, 0.6) is 0 Å². The van der Waals surface area contributed by atoms with Crippen molar-refractivity contribution in [3.8, 4) is 0 Å². The molecule has 0 bridgehead atoms. The van der Waals surface area contributed by atoms with E-state index in [-0.39, 0.29) is 12.0 Å². The van der Waals surface area contributed by atoms with Gasteiger partial charge >= 0.3 is 0 Å². The Hall–Kier alpha value is -1.45. The second-order valence-electron chi connectivity index (χ2n) is 4.43. The second kappa shape index (κ2) is 5.68. The summed E-state index contributed by atoms with van der Waals surface area (Å²) in [6.07, 6.45) is -0.874. The zero-order chi connectivity index (χ0) is 14.0. The van der Waals surface area contributed by atoms with Crippen LogP contribution in [-0.4, -0.2) is 5.11 Å². The van der Waals surface area contributed by atoms with E-state index < -0.39 is 17.7 Å². The summed E-state index contributed by atoms with van der Waals surface area (Å²) in [5, 5.41) is 10.6. The van der Waals surface area contributed by atoms with Gasteiger partial charge in [-0.05, 0) is 30.2 Å². The fraction of sp³-hybridized carbons (Fsp3) is 0.200. The minimum atomic E-state index is -1.06. The van der Waals surface area contributed by atoms with Crippen molar-refractivity contribution in [1.82, 2.24) is 0 Å². The molecule has 1 unspecified atom stereocenters. The lowest BCUT2D eigenvalue weighted by Gasteiger charge is -2.14. The quantitative estimate of drug-likeness (QED) is 0.894. The van der Waals surface area contributed by atoms with Crippen molar-refractivity contribution in [1.29, 1.82) is 0 Å². The summed E-state index contributed by atoms with van der Waals surface area (Å²) in [5.74, 6) is -1.37. The molecule has 2 aromatic carbocycles. The summed E-state index contributed by atoms with van der Waals surface area (Å²) in [5.41, 5.74) is 1.10. The molecule has 2 aromatic rings. The molecule has 1 atom stereocenters. The molecule has 0 aliphatic heterocycles. The van der Waals surface area contributed by atoms with Gasteiger partial charge in [0.1, 0.15) is 11.6 Å². The van der Waals surface area contributed by atoms with Gasteiger partial charge in [-0.2, -0.15) is 0 Å². The fourth-order valence-corrected chi connectivity index (χ4v) is 2.13. The summed E-state index contributed by atoms with van der Waals surface area (Å²) in [6, 6.07) is 9.16. The number of aryl methyl sites for hydroxylation is 1. The highest BCUT2D eigenvalue weighted by atomic mass is 35.5. The molecule has 0 saturated carbocycles.